The van der Waals surface area contributed by atoms with E-state index in [-0.39, 0.29) is 0 Å². The zero-order chi connectivity index (χ0) is 14.0. The smallest absolute Gasteiger partial charge is 0.130 e. The van der Waals surface area contributed by atoms with Gasteiger partial charge in [-0.05, 0) is 24.5 Å². The Morgan fingerprint density at radius 3 is 2.32 bits per heavy atom. The molecule has 1 aromatic heterocycles. The fraction of sp³-hybridized carbons (Fsp3) is 0.438. The standard InChI is InChI=1S/C16H23N3/c1-5-14-15(12(4)11(2)3)18-19(16(14)17)13-9-7-6-8-10-13/h6-12H,5,17H2,1-4H3. The van der Waals surface area contributed by atoms with Gasteiger partial charge in [0.15, 0.2) is 0 Å². The lowest BCUT2D eigenvalue weighted by Gasteiger charge is -2.14. The molecule has 1 aromatic carbocycles. The van der Waals surface area contributed by atoms with Gasteiger partial charge in [-0.1, -0.05) is 45.9 Å². The Kier molecular flexibility index (Phi) is 3.93. The van der Waals surface area contributed by atoms with Gasteiger partial charge in [-0.3, -0.25) is 0 Å². The van der Waals surface area contributed by atoms with Gasteiger partial charge in [0.1, 0.15) is 5.82 Å². The van der Waals surface area contributed by atoms with Crippen molar-refractivity contribution in [3.8, 4) is 5.69 Å². The molecule has 19 heavy (non-hydrogen) atoms. The SMILES string of the molecule is CCc1c(C(C)C(C)C)nn(-c2ccccc2)c1N. The Bertz CT molecular complexity index is 541. The summed E-state index contributed by atoms with van der Waals surface area (Å²) in [6.07, 6.45) is 0.922. The molecule has 1 atom stereocenters. The number of aromatic nitrogens is 2. The average Bonchev–Trinajstić information content (AvgIpc) is 2.75. The maximum absolute atomic E-state index is 6.29. The van der Waals surface area contributed by atoms with E-state index in [2.05, 4.69) is 27.7 Å². The van der Waals surface area contributed by atoms with Crippen LogP contribution < -0.4 is 5.73 Å². The summed E-state index contributed by atoms with van der Waals surface area (Å²) in [5, 5.41) is 4.76. The minimum absolute atomic E-state index is 0.419. The van der Waals surface area contributed by atoms with Crippen molar-refractivity contribution >= 4 is 5.82 Å². The van der Waals surface area contributed by atoms with E-state index in [1.807, 2.05) is 35.0 Å². The van der Waals surface area contributed by atoms with Gasteiger partial charge in [0, 0.05) is 11.5 Å². The van der Waals surface area contributed by atoms with Crippen LogP contribution in [0.4, 0.5) is 5.82 Å². The maximum atomic E-state index is 6.29. The molecular formula is C16H23N3. The fourth-order valence-electron chi connectivity index (χ4n) is 2.29. The van der Waals surface area contributed by atoms with Crippen LogP contribution in [0.25, 0.3) is 5.69 Å². The number of para-hydroxylation sites is 1. The van der Waals surface area contributed by atoms with Gasteiger partial charge >= 0.3 is 0 Å². The van der Waals surface area contributed by atoms with E-state index in [9.17, 15) is 0 Å². The first kappa shape index (κ1) is 13.7. The summed E-state index contributed by atoms with van der Waals surface area (Å²) >= 11 is 0. The number of benzene rings is 1. The van der Waals surface area contributed by atoms with Crippen molar-refractivity contribution in [3.63, 3.8) is 0 Å². The first-order chi connectivity index (χ1) is 9.06. The van der Waals surface area contributed by atoms with Gasteiger partial charge in [0.05, 0.1) is 11.4 Å². The molecule has 2 N–H and O–H groups in total. The van der Waals surface area contributed by atoms with E-state index in [4.69, 9.17) is 10.8 Å². The van der Waals surface area contributed by atoms with Crippen molar-refractivity contribution in [1.29, 1.82) is 0 Å². The summed E-state index contributed by atoms with van der Waals surface area (Å²) in [5.41, 5.74) is 9.63. The Morgan fingerprint density at radius 1 is 1.16 bits per heavy atom. The minimum Gasteiger partial charge on any atom is -0.383 e. The van der Waals surface area contributed by atoms with Crippen LogP contribution in [-0.4, -0.2) is 9.78 Å². The van der Waals surface area contributed by atoms with Crippen LogP contribution in [0, 0.1) is 5.92 Å². The van der Waals surface area contributed by atoms with E-state index in [1.165, 1.54) is 5.56 Å². The normalized spacial score (nSPS) is 12.9. The molecule has 2 aromatic rings. The van der Waals surface area contributed by atoms with E-state index in [0.29, 0.717) is 11.8 Å². The lowest BCUT2D eigenvalue weighted by molar-refractivity contribution is 0.516. The molecule has 1 heterocycles. The second kappa shape index (κ2) is 5.47. The van der Waals surface area contributed by atoms with Gasteiger partial charge in [-0.25, -0.2) is 4.68 Å². The summed E-state index contributed by atoms with van der Waals surface area (Å²) in [5.74, 6) is 1.75. The van der Waals surface area contributed by atoms with Gasteiger partial charge in [0.2, 0.25) is 0 Å². The molecule has 0 aliphatic carbocycles. The number of nitrogens with zero attached hydrogens (tertiary/aromatic N) is 2. The second-order valence-electron chi connectivity index (χ2n) is 5.38. The zero-order valence-corrected chi connectivity index (χ0v) is 12.2. The summed E-state index contributed by atoms with van der Waals surface area (Å²) in [6.45, 7) is 8.81. The van der Waals surface area contributed by atoms with Crippen molar-refractivity contribution in [2.24, 2.45) is 5.92 Å². The quantitative estimate of drug-likeness (QED) is 0.906. The maximum Gasteiger partial charge on any atom is 0.130 e. The lowest BCUT2D eigenvalue weighted by Crippen LogP contribution is -2.06. The monoisotopic (exact) mass is 257 g/mol. The average molecular weight is 257 g/mol. The lowest BCUT2D eigenvalue weighted by atomic mass is 9.91. The van der Waals surface area contributed by atoms with Crippen LogP contribution >= 0.6 is 0 Å². The van der Waals surface area contributed by atoms with E-state index < -0.39 is 0 Å². The third-order valence-corrected chi connectivity index (χ3v) is 3.84. The Morgan fingerprint density at radius 2 is 1.79 bits per heavy atom. The summed E-state index contributed by atoms with van der Waals surface area (Å²) in [6, 6.07) is 10.1. The number of anilines is 1. The summed E-state index contributed by atoms with van der Waals surface area (Å²) < 4.78 is 1.87. The minimum atomic E-state index is 0.419. The summed E-state index contributed by atoms with van der Waals surface area (Å²) in [4.78, 5) is 0. The second-order valence-corrected chi connectivity index (χ2v) is 5.38. The number of nitrogens with two attached hydrogens (primary N) is 1. The Hall–Kier alpha value is -1.77. The molecule has 3 heteroatoms. The van der Waals surface area contributed by atoms with E-state index in [1.54, 1.807) is 0 Å². The molecule has 0 amide bonds. The van der Waals surface area contributed by atoms with Crippen molar-refractivity contribution in [2.45, 2.75) is 40.0 Å². The highest BCUT2D eigenvalue weighted by molar-refractivity contribution is 5.50. The third kappa shape index (κ3) is 2.50. The zero-order valence-electron chi connectivity index (χ0n) is 12.2. The number of hydrogen-bond acceptors (Lipinski definition) is 2. The predicted molar refractivity (Wildman–Crippen MR) is 80.6 cm³/mol. The van der Waals surface area contributed by atoms with Gasteiger partial charge in [0.25, 0.3) is 0 Å². The first-order valence-electron chi connectivity index (χ1n) is 6.98. The molecule has 3 nitrogen and oxygen atoms in total. The van der Waals surface area contributed by atoms with E-state index >= 15 is 0 Å². The number of nitrogen functional groups attached to an aromatic ring is 1. The van der Waals surface area contributed by atoms with Crippen LogP contribution in [0.1, 0.15) is 44.9 Å². The summed E-state index contributed by atoms with van der Waals surface area (Å²) in [7, 11) is 0. The highest BCUT2D eigenvalue weighted by Crippen LogP contribution is 2.30. The molecule has 1 unspecified atom stereocenters. The van der Waals surface area contributed by atoms with Crippen molar-refractivity contribution < 1.29 is 0 Å². The molecule has 0 spiro atoms. The molecule has 2 rings (SSSR count). The molecule has 0 aliphatic heterocycles. The molecular weight excluding hydrogens is 234 g/mol. The molecule has 0 saturated carbocycles. The van der Waals surface area contributed by atoms with Gasteiger partial charge in [-0.15, -0.1) is 0 Å². The molecule has 0 aliphatic rings. The molecule has 102 valence electrons. The molecule has 0 bridgehead atoms. The van der Waals surface area contributed by atoms with Crippen molar-refractivity contribution in [1.82, 2.24) is 9.78 Å². The predicted octanol–water partition coefficient (Wildman–Crippen LogP) is 3.78. The Labute approximate surface area is 115 Å². The fourth-order valence-corrected chi connectivity index (χ4v) is 2.29. The van der Waals surface area contributed by atoms with Crippen LogP contribution in [-0.2, 0) is 6.42 Å². The highest BCUT2D eigenvalue weighted by Gasteiger charge is 2.21. The number of hydrogen-bond donors (Lipinski definition) is 1. The molecule has 0 saturated heterocycles. The van der Waals surface area contributed by atoms with Crippen LogP contribution in [0.15, 0.2) is 30.3 Å². The van der Waals surface area contributed by atoms with Crippen LogP contribution in [0.2, 0.25) is 0 Å². The highest BCUT2D eigenvalue weighted by atomic mass is 15.3. The van der Waals surface area contributed by atoms with Gasteiger partial charge < -0.3 is 5.73 Å². The van der Waals surface area contributed by atoms with Crippen molar-refractivity contribution in [2.75, 3.05) is 5.73 Å². The van der Waals surface area contributed by atoms with Crippen LogP contribution in [0.3, 0.4) is 0 Å². The van der Waals surface area contributed by atoms with Crippen LogP contribution in [0.5, 0.6) is 0 Å². The third-order valence-electron chi connectivity index (χ3n) is 3.84. The largest absolute Gasteiger partial charge is 0.383 e. The Balaban J connectivity index is 2.54. The number of rotatable bonds is 4. The van der Waals surface area contributed by atoms with Crippen molar-refractivity contribution in [3.05, 3.63) is 41.6 Å². The molecule has 0 radical (unpaired) electrons. The molecule has 0 fully saturated rings. The van der Waals surface area contributed by atoms with Gasteiger partial charge in [-0.2, -0.15) is 5.10 Å². The first-order valence-corrected chi connectivity index (χ1v) is 6.98. The topological polar surface area (TPSA) is 43.8 Å². The van der Waals surface area contributed by atoms with E-state index in [0.717, 1.165) is 23.6 Å².